The lowest BCUT2D eigenvalue weighted by molar-refractivity contribution is 0.628. The van der Waals surface area contributed by atoms with Gasteiger partial charge in [0.05, 0.1) is 5.69 Å². The summed E-state index contributed by atoms with van der Waals surface area (Å²) >= 11 is 0. The summed E-state index contributed by atoms with van der Waals surface area (Å²) < 4.78 is 2.24. The fourth-order valence-corrected chi connectivity index (χ4v) is 3.35. The van der Waals surface area contributed by atoms with Gasteiger partial charge < -0.3 is 14.6 Å². The van der Waals surface area contributed by atoms with Crippen LogP contribution in [0.25, 0.3) is 5.65 Å². The van der Waals surface area contributed by atoms with Crippen LogP contribution >= 0.6 is 0 Å². The molecule has 1 aliphatic rings. The van der Waals surface area contributed by atoms with E-state index in [1.54, 1.807) is 0 Å². The second-order valence-electron chi connectivity index (χ2n) is 5.89. The molecule has 1 saturated heterocycles. The molecule has 2 aromatic rings. The topological polar surface area (TPSA) is 32.6 Å². The summed E-state index contributed by atoms with van der Waals surface area (Å²) in [6.07, 6.45) is 7.08. The van der Waals surface area contributed by atoms with Crippen LogP contribution in [0, 0.1) is 0 Å². The van der Waals surface area contributed by atoms with Gasteiger partial charge in [-0.1, -0.05) is 19.9 Å². The molecule has 4 nitrogen and oxygen atoms in total. The van der Waals surface area contributed by atoms with Crippen molar-refractivity contribution in [1.29, 1.82) is 0 Å². The first-order valence-electron chi connectivity index (χ1n) is 8.28. The maximum absolute atomic E-state index is 4.92. The number of nitrogens with zero attached hydrogens (tertiary/aromatic N) is 3. The van der Waals surface area contributed by atoms with Gasteiger partial charge in [0.15, 0.2) is 5.82 Å². The molecule has 0 bridgehead atoms. The smallest absolute Gasteiger partial charge is 0.152 e. The van der Waals surface area contributed by atoms with E-state index < -0.39 is 0 Å². The number of aromatic nitrogens is 2. The van der Waals surface area contributed by atoms with Crippen LogP contribution < -0.4 is 10.2 Å². The molecule has 114 valence electrons. The van der Waals surface area contributed by atoms with Crippen LogP contribution in [0.2, 0.25) is 0 Å². The van der Waals surface area contributed by atoms with Crippen LogP contribution in [0.4, 0.5) is 5.82 Å². The van der Waals surface area contributed by atoms with Crippen molar-refractivity contribution >= 4 is 11.5 Å². The van der Waals surface area contributed by atoms with Crippen LogP contribution in [0.3, 0.4) is 0 Å². The third kappa shape index (κ3) is 2.77. The molecule has 21 heavy (non-hydrogen) atoms. The summed E-state index contributed by atoms with van der Waals surface area (Å²) in [5, 5.41) is 3.54. The van der Waals surface area contributed by atoms with E-state index >= 15 is 0 Å². The van der Waals surface area contributed by atoms with Crippen molar-refractivity contribution in [3.05, 3.63) is 30.1 Å². The lowest BCUT2D eigenvalue weighted by Crippen LogP contribution is -2.30. The maximum Gasteiger partial charge on any atom is 0.152 e. The lowest BCUT2D eigenvalue weighted by Gasteiger charge is -2.24. The molecule has 0 spiro atoms. The van der Waals surface area contributed by atoms with Crippen molar-refractivity contribution in [2.45, 2.75) is 52.1 Å². The van der Waals surface area contributed by atoms with Gasteiger partial charge >= 0.3 is 0 Å². The molecule has 0 saturated carbocycles. The van der Waals surface area contributed by atoms with Gasteiger partial charge in [-0.25, -0.2) is 4.98 Å². The van der Waals surface area contributed by atoms with E-state index in [-0.39, 0.29) is 0 Å². The molecule has 1 fully saturated rings. The van der Waals surface area contributed by atoms with E-state index in [0.717, 1.165) is 31.7 Å². The fraction of sp³-hybridized carbons (Fsp3) is 0.588. The Balaban J connectivity index is 1.97. The maximum atomic E-state index is 4.92. The average Bonchev–Trinajstić information content (AvgIpc) is 3.11. The van der Waals surface area contributed by atoms with Crippen molar-refractivity contribution in [2.75, 3.05) is 18.0 Å². The number of hydrogen-bond donors (Lipinski definition) is 1. The predicted molar refractivity (Wildman–Crippen MR) is 87.8 cm³/mol. The summed E-state index contributed by atoms with van der Waals surface area (Å²) in [6.45, 7) is 7.57. The van der Waals surface area contributed by atoms with Gasteiger partial charge in [-0.3, -0.25) is 0 Å². The highest BCUT2D eigenvalue weighted by molar-refractivity contribution is 5.57. The Morgan fingerprint density at radius 1 is 1.33 bits per heavy atom. The van der Waals surface area contributed by atoms with Gasteiger partial charge in [0, 0.05) is 25.3 Å². The van der Waals surface area contributed by atoms with Gasteiger partial charge in [0.1, 0.15) is 5.65 Å². The molecular weight excluding hydrogens is 260 g/mol. The van der Waals surface area contributed by atoms with E-state index in [2.05, 4.69) is 52.9 Å². The highest BCUT2D eigenvalue weighted by Gasteiger charge is 2.27. The van der Waals surface area contributed by atoms with Gasteiger partial charge in [0.25, 0.3) is 0 Å². The first-order valence-corrected chi connectivity index (χ1v) is 8.28. The van der Waals surface area contributed by atoms with E-state index in [1.807, 2.05) is 0 Å². The van der Waals surface area contributed by atoms with Gasteiger partial charge in [0.2, 0.25) is 0 Å². The molecule has 0 aliphatic carbocycles. The van der Waals surface area contributed by atoms with Crippen molar-refractivity contribution in [2.24, 2.45) is 0 Å². The summed E-state index contributed by atoms with van der Waals surface area (Å²) in [4.78, 5) is 7.44. The third-order valence-electron chi connectivity index (χ3n) is 4.45. The zero-order valence-electron chi connectivity index (χ0n) is 13.2. The standard InChI is InChI=1S/C17H26N4/c1-3-10-18-13-15-17(20-12-7-8-14(20)4-2)19-16-9-5-6-11-21(15)16/h5-6,9,11,14,18H,3-4,7-8,10,12-13H2,1-2H3. The third-order valence-corrected chi connectivity index (χ3v) is 4.45. The largest absolute Gasteiger partial charge is 0.352 e. The van der Waals surface area contributed by atoms with Crippen LogP contribution in [0.5, 0.6) is 0 Å². The molecule has 2 aromatic heterocycles. The van der Waals surface area contributed by atoms with Crippen molar-refractivity contribution < 1.29 is 0 Å². The first-order chi connectivity index (χ1) is 10.3. The van der Waals surface area contributed by atoms with Crippen molar-refractivity contribution in [3.63, 3.8) is 0 Å². The molecule has 0 amide bonds. The number of pyridine rings is 1. The zero-order valence-corrected chi connectivity index (χ0v) is 13.2. The number of nitrogens with one attached hydrogen (secondary N) is 1. The minimum absolute atomic E-state index is 0.653. The van der Waals surface area contributed by atoms with E-state index in [9.17, 15) is 0 Å². The number of imidazole rings is 1. The minimum atomic E-state index is 0.653. The number of fused-ring (bicyclic) bond motifs is 1. The molecular formula is C17H26N4. The Labute approximate surface area is 127 Å². The van der Waals surface area contributed by atoms with Gasteiger partial charge in [-0.2, -0.15) is 0 Å². The number of anilines is 1. The van der Waals surface area contributed by atoms with Crippen LogP contribution in [-0.4, -0.2) is 28.5 Å². The normalized spacial score (nSPS) is 18.8. The molecule has 1 atom stereocenters. The van der Waals surface area contributed by atoms with E-state index in [4.69, 9.17) is 4.98 Å². The molecule has 3 rings (SSSR count). The fourth-order valence-electron chi connectivity index (χ4n) is 3.35. The molecule has 1 N–H and O–H groups in total. The molecule has 3 heterocycles. The van der Waals surface area contributed by atoms with Crippen LogP contribution in [0.15, 0.2) is 24.4 Å². The molecule has 0 aromatic carbocycles. The summed E-state index contributed by atoms with van der Waals surface area (Å²) in [5.74, 6) is 1.19. The highest BCUT2D eigenvalue weighted by atomic mass is 15.3. The first kappa shape index (κ1) is 14.4. The molecule has 4 heteroatoms. The second kappa shape index (κ2) is 6.48. The van der Waals surface area contributed by atoms with Gasteiger partial charge in [-0.15, -0.1) is 0 Å². The molecule has 1 aliphatic heterocycles. The SMILES string of the molecule is CCCNCc1c(N2CCCC2CC)nc2ccccn12. The van der Waals surface area contributed by atoms with Crippen LogP contribution in [0.1, 0.15) is 45.2 Å². The van der Waals surface area contributed by atoms with Crippen molar-refractivity contribution in [1.82, 2.24) is 14.7 Å². The average molecular weight is 286 g/mol. The zero-order chi connectivity index (χ0) is 14.7. The summed E-state index contributed by atoms with van der Waals surface area (Å²) in [7, 11) is 0. The monoisotopic (exact) mass is 286 g/mol. The minimum Gasteiger partial charge on any atom is -0.352 e. The summed E-state index contributed by atoms with van der Waals surface area (Å²) in [5.41, 5.74) is 2.36. The van der Waals surface area contributed by atoms with Gasteiger partial charge in [-0.05, 0) is 44.4 Å². The Hall–Kier alpha value is -1.55. The quantitative estimate of drug-likeness (QED) is 0.828. The van der Waals surface area contributed by atoms with Crippen LogP contribution in [-0.2, 0) is 6.54 Å². The lowest BCUT2D eigenvalue weighted by atomic mass is 10.2. The van der Waals surface area contributed by atoms with E-state index in [1.165, 1.54) is 30.8 Å². The Morgan fingerprint density at radius 2 is 2.24 bits per heavy atom. The number of hydrogen-bond acceptors (Lipinski definition) is 3. The highest BCUT2D eigenvalue weighted by Crippen LogP contribution is 2.30. The second-order valence-corrected chi connectivity index (χ2v) is 5.89. The Morgan fingerprint density at radius 3 is 3.05 bits per heavy atom. The van der Waals surface area contributed by atoms with Crippen molar-refractivity contribution in [3.8, 4) is 0 Å². The Bertz CT molecular complexity index is 589. The van der Waals surface area contributed by atoms with E-state index in [0.29, 0.717) is 6.04 Å². The Kier molecular flexibility index (Phi) is 4.44. The molecule has 0 radical (unpaired) electrons. The molecule has 1 unspecified atom stereocenters. The predicted octanol–water partition coefficient (Wildman–Crippen LogP) is 3.21. The number of rotatable bonds is 6. The summed E-state index contributed by atoms with van der Waals surface area (Å²) in [6, 6.07) is 6.91.